The van der Waals surface area contributed by atoms with E-state index in [4.69, 9.17) is 9.97 Å². The molecule has 0 saturated carbocycles. The number of fused-ring (bicyclic) bond motifs is 7. The Morgan fingerprint density at radius 1 is 0.500 bits per heavy atom. The molecule has 224 valence electrons. The molecule has 0 atom stereocenters. The normalized spacial score (nSPS) is 13.8. The number of aromatic nitrogens is 3. The van der Waals surface area contributed by atoms with Crippen molar-refractivity contribution < 1.29 is 0 Å². The zero-order valence-electron chi connectivity index (χ0n) is 26.6. The molecule has 11 rings (SSSR count). The Kier molecular flexibility index (Phi) is 4.91. The van der Waals surface area contributed by atoms with Crippen molar-refractivity contribution in [3.8, 4) is 50.6 Å². The molecule has 2 aliphatic carbocycles. The average Bonchev–Trinajstić information content (AvgIpc) is 3.53. The second-order valence-electron chi connectivity index (χ2n) is 13.7. The predicted octanol–water partition coefficient (Wildman–Crippen LogP) is 11.5. The Labute approximate surface area is 277 Å². The second kappa shape index (κ2) is 9.05. The highest BCUT2D eigenvalue weighted by molar-refractivity contribution is 6.26. The topological polar surface area (TPSA) is 30.7 Å². The summed E-state index contributed by atoms with van der Waals surface area (Å²) < 4.78 is 2.32. The number of nitrogens with zero attached hydrogens (tertiary/aromatic N) is 3. The van der Waals surface area contributed by atoms with Crippen LogP contribution >= 0.6 is 0 Å². The Bertz CT molecular complexity index is 2850. The van der Waals surface area contributed by atoms with Crippen molar-refractivity contribution in [2.24, 2.45) is 0 Å². The summed E-state index contributed by atoms with van der Waals surface area (Å²) in [5.41, 5.74) is 15.7. The van der Waals surface area contributed by atoms with Gasteiger partial charge in [-0.05, 0) is 67.9 Å². The minimum atomic E-state index is -0.190. The zero-order chi connectivity index (χ0) is 31.7. The van der Waals surface area contributed by atoms with Gasteiger partial charge in [-0.2, -0.15) is 0 Å². The highest BCUT2D eigenvalue weighted by Crippen LogP contribution is 2.61. The van der Waals surface area contributed by atoms with E-state index in [9.17, 15) is 0 Å². The summed E-state index contributed by atoms with van der Waals surface area (Å²) in [6.45, 7) is 4.77. The lowest BCUT2D eigenvalue weighted by Crippen LogP contribution is -2.15. The van der Waals surface area contributed by atoms with Gasteiger partial charge in [0.15, 0.2) is 0 Å². The summed E-state index contributed by atoms with van der Waals surface area (Å²) >= 11 is 0. The quantitative estimate of drug-likeness (QED) is 0.195. The van der Waals surface area contributed by atoms with Gasteiger partial charge in [-0.25, -0.2) is 9.97 Å². The fourth-order valence-corrected chi connectivity index (χ4v) is 8.83. The van der Waals surface area contributed by atoms with E-state index in [-0.39, 0.29) is 5.41 Å². The smallest absolute Gasteiger partial charge is 0.235 e. The monoisotopic (exact) mass is 611 g/mol. The maximum absolute atomic E-state index is 5.40. The van der Waals surface area contributed by atoms with Gasteiger partial charge in [0.25, 0.3) is 0 Å². The van der Waals surface area contributed by atoms with E-state index in [1.54, 1.807) is 0 Å². The number of rotatable bonds is 2. The van der Waals surface area contributed by atoms with Crippen molar-refractivity contribution in [3.05, 3.63) is 151 Å². The lowest BCUT2D eigenvalue weighted by molar-refractivity contribution is 0.661. The molecule has 7 aromatic carbocycles. The Balaban J connectivity index is 1.37. The molecular weight excluding hydrogens is 583 g/mol. The van der Waals surface area contributed by atoms with Crippen LogP contribution in [0, 0.1) is 0 Å². The van der Waals surface area contributed by atoms with Crippen molar-refractivity contribution in [2.75, 3.05) is 0 Å². The Hall–Kier alpha value is -6.06. The molecule has 0 saturated heterocycles. The van der Waals surface area contributed by atoms with Crippen LogP contribution < -0.4 is 0 Å². The van der Waals surface area contributed by atoms with Gasteiger partial charge in [-0.3, -0.25) is 4.57 Å². The highest BCUT2D eigenvalue weighted by Gasteiger charge is 2.42. The number of benzene rings is 7. The second-order valence-corrected chi connectivity index (χ2v) is 13.7. The van der Waals surface area contributed by atoms with Crippen molar-refractivity contribution >= 4 is 43.5 Å². The maximum atomic E-state index is 5.40. The first-order chi connectivity index (χ1) is 23.6. The molecule has 48 heavy (non-hydrogen) atoms. The zero-order valence-corrected chi connectivity index (χ0v) is 26.6. The van der Waals surface area contributed by atoms with E-state index in [0.29, 0.717) is 5.95 Å². The number of hydrogen-bond donors (Lipinski definition) is 0. The van der Waals surface area contributed by atoms with Crippen molar-refractivity contribution in [3.63, 3.8) is 0 Å². The molecule has 2 heterocycles. The third kappa shape index (κ3) is 3.18. The SMILES string of the molecule is CC1(C)c2cccc3c2-c2c1cc1c(c2-c2cccc4cccc-3c24)c2ccccc2n1-c1nc(-c2ccccc2)c2ccccc2n1. The fourth-order valence-electron chi connectivity index (χ4n) is 8.83. The molecule has 0 spiro atoms. The number of hydrogen-bond acceptors (Lipinski definition) is 2. The van der Waals surface area contributed by atoms with Crippen LogP contribution in [-0.4, -0.2) is 14.5 Å². The molecule has 0 N–H and O–H groups in total. The first kappa shape index (κ1) is 26.1. The molecule has 9 aromatic rings. The van der Waals surface area contributed by atoms with E-state index in [2.05, 4.69) is 158 Å². The molecule has 0 radical (unpaired) electrons. The van der Waals surface area contributed by atoms with Crippen molar-refractivity contribution in [1.29, 1.82) is 0 Å². The average molecular weight is 612 g/mol. The van der Waals surface area contributed by atoms with Gasteiger partial charge in [-0.15, -0.1) is 0 Å². The van der Waals surface area contributed by atoms with E-state index in [0.717, 1.165) is 33.2 Å². The van der Waals surface area contributed by atoms with Gasteiger partial charge in [0.1, 0.15) is 0 Å². The van der Waals surface area contributed by atoms with Crippen molar-refractivity contribution in [2.45, 2.75) is 19.3 Å². The molecule has 0 fully saturated rings. The standard InChI is InChI=1S/C45H29N3/c1-45(2)33-22-12-20-29-28-19-10-15-26-16-11-21-32(38(26)28)41-40-31-18-7-9-24-36(31)48(37(40)25-34(45)42(41)39(29)33)44-46-35-23-8-6-17-30(35)43(47-44)27-13-4-3-5-14-27/h3-25H,1-2H3. The highest BCUT2D eigenvalue weighted by atomic mass is 15.2. The predicted molar refractivity (Wildman–Crippen MR) is 199 cm³/mol. The summed E-state index contributed by atoms with van der Waals surface area (Å²) in [7, 11) is 0. The van der Waals surface area contributed by atoms with Crippen LogP contribution in [0.15, 0.2) is 140 Å². The number of para-hydroxylation sites is 2. The van der Waals surface area contributed by atoms with Crippen LogP contribution in [-0.2, 0) is 5.41 Å². The third-order valence-electron chi connectivity index (χ3n) is 10.9. The molecule has 2 aromatic heterocycles. The lowest BCUT2D eigenvalue weighted by Gasteiger charge is -2.23. The molecule has 3 heteroatoms. The molecule has 0 amide bonds. The molecular formula is C45H29N3. The van der Waals surface area contributed by atoms with Gasteiger partial charge in [0.2, 0.25) is 5.95 Å². The summed E-state index contributed by atoms with van der Waals surface area (Å²) in [6, 6.07) is 50.6. The maximum Gasteiger partial charge on any atom is 0.235 e. The summed E-state index contributed by atoms with van der Waals surface area (Å²) in [5.74, 6) is 0.687. The van der Waals surface area contributed by atoms with E-state index in [1.807, 2.05) is 0 Å². The van der Waals surface area contributed by atoms with Gasteiger partial charge >= 0.3 is 0 Å². The lowest BCUT2D eigenvalue weighted by atomic mass is 9.80. The molecule has 0 bridgehead atoms. The largest absolute Gasteiger partial charge is 0.278 e. The molecule has 0 unspecified atom stereocenters. The van der Waals surface area contributed by atoms with Crippen LogP contribution in [0.3, 0.4) is 0 Å². The van der Waals surface area contributed by atoms with Gasteiger partial charge < -0.3 is 0 Å². The van der Waals surface area contributed by atoms with Gasteiger partial charge in [0.05, 0.1) is 22.2 Å². The first-order valence-corrected chi connectivity index (χ1v) is 16.7. The van der Waals surface area contributed by atoms with Crippen LogP contribution in [0.2, 0.25) is 0 Å². The fraction of sp³-hybridized carbons (Fsp3) is 0.0667. The summed E-state index contributed by atoms with van der Waals surface area (Å²) in [4.78, 5) is 10.7. The van der Waals surface area contributed by atoms with E-state index >= 15 is 0 Å². The van der Waals surface area contributed by atoms with Gasteiger partial charge in [-0.1, -0.05) is 135 Å². The minimum Gasteiger partial charge on any atom is -0.278 e. The Morgan fingerprint density at radius 2 is 1.21 bits per heavy atom. The molecule has 0 aliphatic heterocycles. The molecule has 2 aliphatic rings. The van der Waals surface area contributed by atoms with E-state index < -0.39 is 0 Å². The van der Waals surface area contributed by atoms with Crippen LogP contribution in [0.25, 0.3) is 94.1 Å². The first-order valence-electron chi connectivity index (χ1n) is 16.7. The van der Waals surface area contributed by atoms with Crippen LogP contribution in [0.1, 0.15) is 25.0 Å². The minimum absolute atomic E-state index is 0.190. The van der Waals surface area contributed by atoms with Crippen LogP contribution in [0.4, 0.5) is 0 Å². The van der Waals surface area contributed by atoms with Crippen molar-refractivity contribution in [1.82, 2.24) is 14.5 Å². The Morgan fingerprint density at radius 3 is 2.06 bits per heavy atom. The van der Waals surface area contributed by atoms with Gasteiger partial charge in [0, 0.05) is 32.7 Å². The van der Waals surface area contributed by atoms with E-state index in [1.165, 1.54) is 66.1 Å². The third-order valence-corrected chi connectivity index (χ3v) is 10.9. The summed E-state index contributed by atoms with van der Waals surface area (Å²) in [6.07, 6.45) is 0. The summed E-state index contributed by atoms with van der Waals surface area (Å²) in [5, 5.41) is 6.10. The molecule has 3 nitrogen and oxygen atoms in total. The van der Waals surface area contributed by atoms with Crippen LogP contribution in [0.5, 0.6) is 0 Å².